The SMILES string of the molecule is Cc1ccc(S(=O)(=O)OC[C@]2(C)[C@H](O)CC[C@@]3(C)[C@H]2CC[C@H]2C[C@@H]4C[C@@]23CC[C@@]4(C)O)cc1. The molecule has 1 aromatic carbocycles. The Balaban J connectivity index is 1.44. The smallest absolute Gasteiger partial charge is 0.296 e. The van der Waals surface area contributed by atoms with Crippen LogP contribution in [0.4, 0.5) is 0 Å². The van der Waals surface area contributed by atoms with Crippen molar-refractivity contribution in [3.05, 3.63) is 29.8 Å². The molecule has 0 aliphatic heterocycles. The second-order valence-corrected chi connectivity index (χ2v) is 14.1. The monoisotopic (exact) mass is 476 g/mol. The molecule has 6 heteroatoms. The Morgan fingerprint density at radius 3 is 2.39 bits per heavy atom. The van der Waals surface area contributed by atoms with Gasteiger partial charge in [0.1, 0.15) is 0 Å². The van der Waals surface area contributed by atoms with Crippen LogP contribution in [0.3, 0.4) is 0 Å². The molecule has 0 saturated heterocycles. The van der Waals surface area contributed by atoms with E-state index in [1.165, 1.54) is 0 Å². The van der Waals surface area contributed by atoms with Crippen LogP contribution in [0, 0.1) is 40.9 Å². The van der Waals surface area contributed by atoms with E-state index in [1.807, 2.05) is 20.8 Å². The number of rotatable bonds is 4. The lowest BCUT2D eigenvalue weighted by Gasteiger charge is -2.66. The Kier molecular flexibility index (Phi) is 5.42. The topological polar surface area (TPSA) is 83.8 Å². The summed E-state index contributed by atoms with van der Waals surface area (Å²) < 4.78 is 31.6. The maximum Gasteiger partial charge on any atom is 0.296 e. The fourth-order valence-corrected chi connectivity index (χ4v) is 9.80. The predicted molar refractivity (Wildman–Crippen MR) is 127 cm³/mol. The maximum atomic E-state index is 13.0. The minimum absolute atomic E-state index is 0.00647. The summed E-state index contributed by atoms with van der Waals surface area (Å²) in [4.78, 5) is 0.167. The predicted octanol–water partition coefficient (Wildman–Crippen LogP) is 4.84. The highest BCUT2D eigenvalue weighted by molar-refractivity contribution is 7.86. The highest BCUT2D eigenvalue weighted by Crippen LogP contribution is 2.75. The van der Waals surface area contributed by atoms with Crippen molar-refractivity contribution in [3.8, 4) is 0 Å². The van der Waals surface area contributed by atoms with Crippen LogP contribution in [-0.2, 0) is 14.3 Å². The van der Waals surface area contributed by atoms with E-state index in [0.29, 0.717) is 18.3 Å². The normalized spacial score (nSPS) is 47.1. The first-order valence-electron chi connectivity index (χ1n) is 12.7. The van der Waals surface area contributed by atoms with Gasteiger partial charge in [0.2, 0.25) is 0 Å². The average molecular weight is 477 g/mol. The second-order valence-electron chi connectivity index (χ2n) is 12.5. The lowest BCUT2D eigenvalue weighted by molar-refractivity contribution is -0.211. The van der Waals surface area contributed by atoms with Crippen molar-refractivity contribution in [2.75, 3.05) is 6.61 Å². The summed E-state index contributed by atoms with van der Waals surface area (Å²) in [7, 11) is -3.89. The number of hydrogen-bond donors (Lipinski definition) is 2. The summed E-state index contributed by atoms with van der Waals surface area (Å²) in [5, 5.41) is 22.2. The van der Waals surface area contributed by atoms with Crippen molar-refractivity contribution in [1.29, 1.82) is 0 Å². The molecule has 4 aliphatic carbocycles. The van der Waals surface area contributed by atoms with Gasteiger partial charge in [-0.1, -0.05) is 31.5 Å². The third-order valence-electron chi connectivity index (χ3n) is 11.0. The molecular formula is C27H40O5S. The molecule has 5 rings (SSSR count). The Morgan fingerprint density at radius 2 is 1.70 bits per heavy atom. The molecule has 1 spiro atoms. The first-order chi connectivity index (χ1) is 15.3. The quantitative estimate of drug-likeness (QED) is 0.608. The van der Waals surface area contributed by atoms with E-state index in [1.54, 1.807) is 24.3 Å². The van der Waals surface area contributed by atoms with E-state index in [2.05, 4.69) is 6.92 Å². The summed E-state index contributed by atoms with van der Waals surface area (Å²) >= 11 is 0. The Labute approximate surface area is 199 Å². The number of aliphatic hydroxyl groups is 2. The molecule has 0 heterocycles. The molecule has 1 aromatic rings. The van der Waals surface area contributed by atoms with Crippen LogP contribution in [0.1, 0.15) is 77.7 Å². The zero-order valence-electron chi connectivity index (χ0n) is 20.5. The molecule has 8 atom stereocenters. The van der Waals surface area contributed by atoms with Gasteiger partial charge in [-0.25, -0.2) is 0 Å². The minimum Gasteiger partial charge on any atom is -0.392 e. The van der Waals surface area contributed by atoms with Crippen molar-refractivity contribution < 1.29 is 22.8 Å². The van der Waals surface area contributed by atoms with Crippen molar-refractivity contribution in [2.45, 2.75) is 95.7 Å². The van der Waals surface area contributed by atoms with Crippen LogP contribution in [0.25, 0.3) is 0 Å². The number of benzene rings is 1. The largest absolute Gasteiger partial charge is 0.392 e. The van der Waals surface area contributed by atoms with Crippen LogP contribution in [0.5, 0.6) is 0 Å². The fourth-order valence-electron chi connectivity index (χ4n) is 8.79. The van der Waals surface area contributed by atoms with Gasteiger partial charge in [0.15, 0.2) is 0 Å². The van der Waals surface area contributed by atoms with E-state index in [-0.39, 0.29) is 28.3 Å². The van der Waals surface area contributed by atoms with Gasteiger partial charge in [-0.15, -0.1) is 0 Å². The van der Waals surface area contributed by atoms with Crippen LogP contribution in [0.2, 0.25) is 0 Å². The number of aryl methyl sites for hydroxylation is 1. The van der Waals surface area contributed by atoms with Crippen molar-refractivity contribution in [3.63, 3.8) is 0 Å². The van der Waals surface area contributed by atoms with Crippen LogP contribution < -0.4 is 0 Å². The standard InChI is InChI=1S/C27H40O5S/c1-18-5-8-21(9-6-18)33(30,31)32-17-24(2)22-10-7-19-15-20-16-27(19,14-13-26(20,4)29)25(22,3)12-11-23(24)28/h5-6,8-9,19-20,22-23,28-29H,7,10-17H2,1-4H3/t19-,20+,22-,23+,24-,25-,26+,27-/m0/s1. The van der Waals surface area contributed by atoms with Crippen LogP contribution >= 0.6 is 0 Å². The van der Waals surface area contributed by atoms with Gasteiger partial charge < -0.3 is 10.2 Å². The molecule has 4 saturated carbocycles. The summed E-state index contributed by atoms with van der Waals surface area (Å²) in [6.45, 7) is 8.40. The highest BCUT2D eigenvalue weighted by Gasteiger charge is 2.70. The zero-order chi connectivity index (χ0) is 23.9. The van der Waals surface area contributed by atoms with Gasteiger partial charge in [0, 0.05) is 5.41 Å². The summed E-state index contributed by atoms with van der Waals surface area (Å²) in [5.74, 6) is 1.16. The molecule has 2 N–H and O–H groups in total. The minimum atomic E-state index is -3.89. The second kappa shape index (κ2) is 7.52. The third-order valence-corrected chi connectivity index (χ3v) is 12.2. The average Bonchev–Trinajstić information content (AvgIpc) is 3.12. The van der Waals surface area contributed by atoms with Gasteiger partial charge >= 0.3 is 0 Å². The Hall–Kier alpha value is -0.950. The number of fused-ring (bicyclic) bond motifs is 2. The molecule has 4 aliphatic rings. The molecule has 0 aromatic heterocycles. The molecule has 33 heavy (non-hydrogen) atoms. The van der Waals surface area contributed by atoms with Gasteiger partial charge in [0.05, 0.1) is 23.2 Å². The molecule has 2 bridgehead atoms. The van der Waals surface area contributed by atoms with E-state index < -0.39 is 27.2 Å². The maximum absolute atomic E-state index is 13.0. The molecule has 0 amide bonds. The van der Waals surface area contributed by atoms with Crippen molar-refractivity contribution in [2.24, 2.45) is 34.0 Å². The highest BCUT2D eigenvalue weighted by atomic mass is 32.2. The first-order valence-corrected chi connectivity index (χ1v) is 14.1. The molecule has 0 radical (unpaired) electrons. The van der Waals surface area contributed by atoms with Crippen molar-refractivity contribution >= 4 is 10.1 Å². The van der Waals surface area contributed by atoms with E-state index in [0.717, 1.165) is 50.5 Å². The number of hydrogen-bond acceptors (Lipinski definition) is 5. The lowest BCUT2D eigenvalue weighted by atomic mass is 9.39. The summed E-state index contributed by atoms with van der Waals surface area (Å²) in [6, 6.07) is 6.73. The summed E-state index contributed by atoms with van der Waals surface area (Å²) in [5.41, 5.74) is 0.00280. The van der Waals surface area contributed by atoms with Crippen LogP contribution in [0.15, 0.2) is 29.2 Å². The van der Waals surface area contributed by atoms with E-state index in [9.17, 15) is 18.6 Å². The first kappa shape index (κ1) is 23.8. The molecule has 4 fully saturated rings. The van der Waals surface area contributed by atoms with Crippen molar-refractivity contribution in [1.82, 2.24) is 0 Å². The molecule has 184 valence electrons. The molecular weight excluding hydrogens is 436 g/mol. The number of aliphatic hydroxyl groups excluding tert-OH is 1. The molecule has 5 nitrogen and oxygen atoms in total. The fraction of sp³-hybridized carbons (Fsp3) is 0.778. The Bertz CT molecular complexity index is 1020. The van der Waals surface area contributed by atoms with Gasteiger partial charge in [-0.2, -0.15) is 8.42 Å². The summed E-state index contributed by atoms with van der Waals surface area (Å²) in [6.07, 6.45) is 7.17. The third kappa shape index (κ3) is 3.38. The zero-order valence-corrected chi connectivity index (χ0v) is 21.3. The lowest BCUT2D eigenvalue weighted by Crippen LogP contribution is -2.63. The van der Waals surface area contributed by atoms with Gasteiger partial charge in [-0.3, -0.25) is 4.18 Å². The molecule has 0 unspecified atom stereocenters. The van der Waals surface area contributed by atoms with Gasteiger partial charge in [0.25, 0.3) is 10.1 Å². The van der Waals surface area contributed by atoms with E-state index >= 15 is 0 Å². The van der Waals surface area contributed by atoms with Crippen LogP contribution in [-0.4, -0.2) is 36.9 Å². The Morgan fingerprint density at radius 1 is 1.00 bits per heavy atom. The van der Waals surface area contributed by atoms with E-state index in [4.69, 9.17) is 4.18 Å². The van der Waals surface area contributed by atoms with Gasteiger partial charge in [-0.05, 0) is 106 Å².